The number of amides is 2. The number of rotatable bonds is 6. The van der Waals surface area contributed by atoms with Gasteiger partial charge in [0.25, 0.3) is 5.91 Å². The minimum atomic E-state index is -4.60. The predicted octanol–water partition coefficient (Wildman–Crippen LogP) is 5.56. The van der Waals surface area contributed by atoms with Crippen LogP contribution >= 0.6 is 0 Å². The highest BCUT2D eigenvalue weighted by molar-refractivity contribution is 7.92. The number of hydrogen-bond donors (Lipinski definition) is 3. The van der Waals surface area contributed by atoms with Crippen molar-refractivity contribution < 1.29 is 44.9 Å². The molecule has 2 atom stereocenters. The lowest BCUT2D eigenvalue weighted by Gasteiger charge is -2.22. The fourth-order valence-corrected chi connectivity index (χ4v) is 5.23. The average Bonchev–Trinajstić information content (AvgIpc) is 3.23. The molecule has 1 aromatic heterocycles. The molecule has 0 fully saturated rings. The molecule has 2 aromatic carbocycles. The first kappa shape index (κ1) is 31.8. The number of fused-ring (bicyclic) bond motifs is 2. The number of anilines is 1. The van der Waals surface area contributed by atoms with Crippen molar-refractivity contribution in [1.29, 1.82) is 4.78 Å². The third kappa shape index (κ3) is 8.06. The van der Waals surface area contributed by atoms with E-state index in [-0.39, 0.29) is 34.9 Å². The fourth-order valence-electron chi connectivity index (χ4n) is 4.66. The second-order valence-corrected chi connectivity index (χ2v) is 12.4. The van der Waals surface area contributed by atoms with E-state index < -0.39 is 57.9 Å². The lowest BCUT2D eigenvalue weighted by molar-refractivity contribution is -0.153. The molecule has 3 aromatic rings. The van der Waals surface area contributed by atoms with Crippen LogP contribution in [0.3, 0.4) is 0 Å². The van der Waals surface area contributed by atoms with Crippen molar-refractivity contribution in [2.75, 3.05) is 23.9 Å². The third-order valence-electron chi connectivity index (χ3n) is 6.47. The van der Waals surface area contributed by atoms with Gasteiger partial charge in [-0.2, -0.15) is 31.4 Å². The average molecular weight is 632 g/mol. The summed E-state index contributed by atoms with van der Waals surface area (Å²) >= 11 is 0. The van der Waals surface area contributed by atoms with Gasteiger partial charge in [0.1, 0.15) is 28.6 Å². The molecule has 0 bridgehead atoms. The van der Waals surface area contributed by atoms with E-state index in [1.807, 2.05) is 0 Å². The number of aryl methyl sites for hydroxylation is 2. The summed E-state index contributed by atoms with van der Waals surface area (Å²) in [6.45, 7) is 0.260. The van der Waals surface area contributed by atoms with Gasteiger partial charge in [-0.1, -0.05) is 18.2 Å². The topological polar surface area (TPSA) is 126 Å². The Bertz CT molecular complexity index is 1630. The summed E-state index contributed by atoms with van der Waals surface area (Å²) in [6, 6.07) is 7.65. The van der Waals surface area contributed by atoms with Crippen molar-refractivity contribution in [3.63, 3.8) is 0 Å². The molecule has 1 aliphatic rings. The normalized spacial score (nSPS) is 17.2. The highest BCUT2D eigenvalue weighted by atomic mass is 32.2. The Labute approximate surface area is 242 Å². The Balaban J connectivity index is 1.74. The Morgan fingerprint density at radius 3 is 2.44 bits per heavy atom. The molecule has 0 radical (unpaired) electrons. The number of carbonyl (C=O) groups is 2. The minimum absolute atomic E-state index is 0.00271. The van der Waals surface area contributed by atoms with Crippen molar-refractivity contribution in [3.8, 4) is 17.0 Å². The van der Waals surface area contributed by atoms with E-state index >= 15 is 0 Å². The number of hydrogen-bond acceptors (Lipinski definition) is 6. The summed E-state index contributed by atoms with van der Waals surface area (Å²) in [7, 11) is -3.28. The molecule has 16 heteroatoms. The molecule has 0 saturated heterocycles. The van der Waals surface area contributed by atoms with Gasteiger partial charge in [0.05, 0.1) is 21.3 Å². The molecule has 43 heavy (non-hydrogen) atoms. The molecular weight excluding hydrogens is 604 g/mol. The van der Waals surface area contributed by atoms with E-state index in [0.29, 0.717) is 24.0 Å². The molecule has 0 aliphatic carbocycles. The van der Waals surface area contributed by atoms with E-state index in [1.54, 1.807) is 13.0 Å². The molecule has 0 saturated carbocycles. The number of alkyl halides is 6. The first-order chi connectivity index (χ1) is 19.9. The van der Waals surface area contributed by atoms with Crippen molar-refractivity contribution >= 4 is 27.2 Å². The van der Waals surface area contributed by atoms with Crippen LogP contribution in [-0.2, 0) is 33.7 Å². The molecule has 2 heterocycles. The van der Waals surface area contributed by atoms with Crippen LogP contribution in [0.4, 0.5) is 32.0 Å². The second-order valence-electron chi connectivity index (χ2n) is 10.1. The zero-order chi connectivity index (χ0) is 31.7. The quantitative estimate of drug-likeness (QED) is 0.307. The van der Waals surface area contributed by atoms with Crippen LogP contribution in [0, 0.1) is 4.78 Å². The van der Waals surface area contributed by atoms with Crippen molar-refractivity contribution in [3.05, 3.63) is 64.8 Å². The summed E-state index contributed by atoms with van der Waals surface area (Å²) in [5, 5.41) is 9.70. The molecule has 3 N–H and O–H groups in total. The number of ether oxygens (including phenoxy) is 1. The zero-order valence-electron chi connectivity index (χ0n) is 22.9. The van der Waals surface area contributed by atoms with E-state index in [1.165, 1.54) is 16.8 Å². The van der Waals surface area contributed by atoms with Gasteiger partial charge in [0.15, 0.2) is 6.61 Å². The van der Waals surface area contributed by atoms with Crippen LogP contribution in [0.1, 0.15) is 46.6 Å². The van der Waals surface area contributed by atoms with E-state index in [9.17, 15) is 40.1 Å². The van der Waals surface area contributed by atoms with Crippen LogP contribution in [0.15, 0.2) is 42.5 Å². The summed E-state index contributed by atoms with van der Waals surface area (Å²) in [5.41, 5.74) is 0.215. The number of aromatic nitrogens is 2. The molecule has 0 spiro atoms. The lowest BCUT2D eigenvalue weighted by atomic mass is 9.96. The standard InChI is InChI=1S/C27H27F6N5O4S/c1-15-20-10-9-19(42-14-26(28,29)30)12-17(20)4-3-11-38-24(25(40)35-15)23(36-21(39)13-43(2,34)41)22(37-38)16-5-7-18(8-6-16)27(31,32)33/h5-10,12,15,34H,3-4,11,13-14H2,1-2H3,(H,35,40)(H,36,39)/t15-,43?/m0/s1. The van der Waals surface area contributed by atoms with E-state index in [0.717, 1.165) is 30.5 Å². The molecule has 1 aliphatic heterocycles. The van der Waals surface area contributed by atoms with Crippen LogP contribution < -0.4 is 15.4 Å². The number of benzene rings is 2. The van der Waals surface area contributed by atoms with Crippen LogP contribution in [0.5, 0.6) is 5.75 Å². The van der Waals surface area contributed by atoms with Crippen molar-refractivity contribution in [2.24, 2.45) is 0 Å². The summed E-state index contributed by atoms with van der Waals surface area (Å²) < 4.78 is 103. The number of nitrogens with zero attached hydrogens (tertiary/aromatic N) is 2. The highest BCUT2D eigenvalue weighted by Gasteiger charge is 2.32. The number of carbonyl (C=O) groups excluding carboxylic acids is 2. The largest absolute Gasteiger partial charge is 0.484 e. The SMILES string of the molecule is C[C@@H]1NC(=O)c2c(NC(=O)CS(C)(=N)=O)c(-c3ccc(C(F)(F)F)cc3)nn2CCCc2cc(OCC(F)(F)F)ccc21. The van der Waals surface area contributed by atoms with Gasteiger partial charge in [0, 0.05) is 18.4 Å². The summed E-state index contributed by atoms with van der Waals surface area (Å²) in [4.78, 5) is 26.4. The van der Waals surface area contributed by atoms with Gasteiger partial charge in [-0.25, -0.2) is 4.21 Å². The molecular formula is C27H27F6N5O4S. The molecule has 232 valence electrons. The second kappa shape index (κ2) is 11.9. The molecule has 4 rings (SSSR count). The molecule has 9 nitrogen and oxygen atoms in total. The van der Waals surface area contributed by atoms with Gasteiger partial charge in [-0.15, -0.1) is 0 Å². The maximum Gasteiger partial charge on any atom is 0.422 e. The van der Waals surface area contributed by atoms with Crippen LogP contribution in [0.2, 0.25) is 0 Å². The Morgan fingerprint density at radius 1 is 1.16 bits per heavy atom. The maximum atomic E-state index is 13.6. The maximum absolute atomic E-state index is 13.6. The monoisotopic (exact) mass is 631 g/mol. The van der Waals surface area contributed by atoms with Crippen molar-refractivity contribution in [1.82, 2.24) is 15.1 Å². The Kier molecular flexibility index (Phi) is 8.81. The van der Waals surface area contributed by atoms with Gasteiger partial charge in [-0.05, 0) is 55.2 Å². The number of halogens is 6. The minimum Gasteiger partial charge on any atom is -0.484 e. The predicted molar refractivity (Wildman–Crippen MR) is 145 cm³/mol. The van der Waals surface area contributed by atoms with Gasteiger partial charge in [0.2, 0.25) is 5.91 Å². The van der Waals surface area contributed by atoms with Gasteiger partial charge < -0.3 is 15.4 Å². The third-order valence-corrected chi connectivity index (χ3v) is 7.28. The van der Waals surface area contributed by atoms with E-state index in [2.05, 4.69) is 15.7 Å². The fraction of sp³-hybridized carbons (Fsp3) is 0.370. The Hall–Kier alpha value is -4.08. The number of nitrogens with one attached hydrogen (secondary N) is 3. The van der Waals surface area contributed by atoms with Crippen molar-refractivity contribution in [2.45, 2.75) is 44.7 Å². The van der Waals surface area contributed by atoms with Crippen LogP contribution in [0.25, 0.3) is 11.3 Å². The Morgan fingerprint density at radius 2 is 1.84 bits per heavy atom. The first-order valence-corrected chi connectivity index (χ1v) is 15.0. The van der Waals surface area contributed by atoms with E-state index in [4.69, 9.17) is 9.52 Å². The lowest BCUT2D eigenvalue weighted by Crippen LogP contribution is -2.32. The first-order valence-electron chi connectivity index (χ1n) is 12.8. The molecule has 2 amide bonds. The van der Waals surface area contributed by atoms with Gasteiger partial charge in [-0.3, -0.25) is 19.1 Å². The zero-order valence-corrected chi connectivity index (χ0v) is 23.7. The summed E-state index contributed by atoms with van der Waals surface area (Å²) in [6.07, 6.45) is -7.39. The highest BCUT2D eigenvalue weighted by Crippen LogP contribution is 2.36. The van der Waals surface area contributed by atoms with Gasteiger partial charge >= 0.3 is 12.4 Å². The van der Waals surface area contributed by atoms with Crippen LogP contribution in [-0.4, -0.2) is 50.6 Å². The molecule has 1 unspecified atom stereocenters. The summed E-state index contributed by atoms with van der Waals surface area (Å²) in [5.74, 6) is -2.26. The smallest absolute Gasteiger partial charge is 0.422 e.